The van der Waals surface area contributed by atoms with E-state index in [2.05, 4.69) is 47.2 Å². The number of hydrogen-bond donors (Lipinski definition) is 2. The first-order valence-corrected chi connectivity index (χ1v) is 15.2. The minimum Gasteiger partial charge on any atom is -0.481 e. The van der Waals surface area contributed by atoms with E-state index >= 15 is 0 Å². The van der Waals surface area contributed by atoms with Crippen molar-refractivity contribution < 1.29 is 27.4 Å². The van der Waals surface area contributed by atoms with Crippen LogP contribution in [0, 0.1) is 17.7 Å². The first-order chi connectivity index (χ1) is 19.3. The average Bonchev–Trinajstić information content (AvgIpc) is 3.35. The van der Waals surface area contributed by atoms with Crippen molar-refractivity contribution in [1.29, 1.82) is 0 Å². The Labute approximate surface area is 236 Å². The summed E-state index contributed by atoms with van der Waals surface area (Å²) in [5, 5.41) is 8.84. The van der Waals surface area contributed by atoms with Crippen LogP contribution in [-0.2, 0) is 26.2 Å². The standard InChI is InChI=1S/C32H36FNO5S/c33-28-17-19-29(20-18-28)40(37,38)34-22-27-16-21-31(30(27)10-6-1-2-7-11-32(35)36)39-23-24-12-14-26(15-13-24)25-8-4-3-5-9-25/h1,3-6,8-9,12-15,17-20,27,30-31,34H,2,7,10-11,16,21-23H2,(H,35,36)/b6-1-/t27-,30-,31+/m1/s1. The van der Waals surface area contributed by atoms with Crippen molar-refractivity contribution in [3.63, 3.8) is 0 Å². The fourth-order valence-electron chi connectivity index (χ4n) is 5.20. The number of unbranched alkanes of at least 4 members (excludes halogenated alkanes) is 1. The number of carbonyl (C=O) groups is 1. The molecule has 1 fully saturated rings. The van der Waals surface area contributed by atoms with Gasteiger partial charge in [-0.1, -0.05) is 66.7 Å². The molecule has 1 aliphatic rings. The molecule has 0 amide bonds. The first-order valence-electron chi connectivity index (χ1n) is 13.7. The Morgan fingerprint density at radius 2 is 1.65 bits per heavy atom. The number of aliphatic carboxylic acids is 1. The van der Waals surface area contributed by atoms with Gasteiger partial charge < -0.3 is 9.84 Å². The van der Waals surface area contributed by atoms with Gasteiger partial charge in [-0.05, 0) is 84.9 Å². The summed E-state index contributed by atoms with van der Waals surface area (Å²) in [6, 6.07) is 23.3. The van der Waals surface area contributed by atoms with Gasteiger partial charge in [0.1, 0.15) is 5.82 Å². The molecule has 0 bridgehead atoms. The molecule has 2 N–H and O–H groups in total. The Balaban J connectivity index is 1.38. The maximum Gasteiger partial charge on any atom is 0.303 e. The number of carboxylic acid groups (broad SMARTS) is 1. The SMILES string of the molecule is O=C(O)CCC/C=C\C[C@@H]1[C@@H](CNS(=O)(=O)c2ccc(F)cc2)CC[C@@H]1OCc1ccc(-c2ccccc2)cc1. The second kappa shape index (κ2) is 14.3. The molecule has 0 saturated heterocycles. The molecular weight excluding hydrogens is 529 g/mol. The summed E-state index contributed by atoms with van der Waals surface area (Å²) in [6.45, 7) is 0.732. The molecule has 8 heteroatoms. The van der Waals surface area contributed by atoms with E-state index in [0.717, 1.165) is 41.7 Å². The smallest absolute Gasteiger partial charge is 0.303 e. The Bertz CT molecular complexity index is 1360. The lowest BCUT2D eigenvalue weighted by Crippen LogP contribution is -2.33. The van der Waals surface area contributed by atoms with Gasteiger partial charge in [-0.15, -0.1) is 0 Å². The van der Waals surface area contributed by atoms with Gasteiger partial charge in [0.25, 0.3) is 0 Å². The molecule has 0 radical (unpaired) electrons. The van der Waals surface area contributed by atoms with Gasteiger partial charge in [0.2, 0.25) is 10.0 Å². The number of hydrogen-bond acceptors (Lipinski definition) is 4. The summed E-state index contributed by atoms with van der Waals surface area (Å²) in [6.07, 6.45) is 7.78. The first kappa shape index (κ1) is 29.6. The van der Waals surface area contributed by atoms with Crippen molar-refractivity contribution in [1.82, 2.24) is 4.72 Å². The van der Waals surface area contributed by atoms with Crippen molar-refractivity contribution in [2.24, 2.45) is 11.8 Å². The van der Waals surface area contributed by atoms with Crippen molar-refractivity contribution in [2.75, 3.05) is 6.54 Å². The molecule has 3 aromatic rings. The van der Waals surface area contributed by atoms with Crippen LogP contribution in [0.4, 0.5) is 4.39 Å². The molecular formula is C32H36FNO5S. The summed E-state index contributed by atoms with van der Waals surface area (Å²) >= 11 is 0. The maximum atomic E-state index is 13.3. The van der Waals surface area contributed by atoms with Crippen LogP contribution in [-0.4, -0.2) is 32.1 Å². The molecule has 0 aliphatic heterocycles. The van der Waals surface area contributed by atoms with Gasteiger partial charge in [0.15, 0.2) is 0 Å². The molecule has 0 unspecified atom stereocenters. The zero-order valence-corrected chi connectivity index (χ0v) is 23.2. The van der Waals surface area contributed by atoms with Crippen LogP contribution in [0.25, 0.3) is 11.1 Å². The highest BCUT2D eigenvalue weighted by Gasteiger charge is 2.36. The van der Waals surface area contributed by atoms with Crippen LogP contribution >= 0.6 is 0 Å². The van der Waals surface area contributed by atoms with E-state index in [0.29, 0.717) is 25.9 Å². The van der Waals surface area contributed by atoms with E-state index < -0.39 is 21.8 Å². The Kier molecular flexibility index (Phi) is 10.6. The number of allylic oxidation sites excluding steroid dienone is 2. The summed E-state index contributed by atoms with van der Waals surface area (Å²) in [5.74, 6) is -1.11. The van der Waals surface area contributed by atoms with Crippen LogP contribution in [0.15, 0.2) is 95.9 Å². The monoisotopic (exact) mass is 565 g/mol. The number of halogens is 1. The number of carboxylic acids is 1. The van der Waals surface area contributed by atoms with E-state index in [-0.39, 0.29) is 35.8 Å². The van der Waals surface area contributed by atoms with Gasteiger partial charge in [-0.2, -0.15) is 0 Å². The third-order valence-electron chi connectivity index (χ3n) is 7.43. The van der Waals surface area contributed by atoms with Crippen molar-refractivity contribution in [3.05, 3.63) is 102 Å². The van der Waals surface area contributed by atoms with E-state index in [9.17, 15) is 17.6 Å². The lowest BCUT2D eigenvalue weighted by molar-refractivity contribution is -0.137. The predicted octanol–water partition coefficient (Wildman–Crippen LogP) is 6.58. The molecule has 0 heterocycles. The highest BCUT2D eigenvalue weighted by atomic mass is 32.2. The van der Waals surface area contributed by atoms with E-state index in [1.807, 2.05) is 24.3 Å². The number of rotatable bonds is 14. The van der Waals surface area contributed by atoms with Crippen molar-refractivity contribution in [2.45, 2.75) is 56.1 Å². The highest BCUT2D eigenvalue weighted by Crippen LogP contribution is 2.37. The molecule has 0 spiro atoms. The molecule has 1 saturated carbocycles. The van der Waals surface area contributed by atoms with Crippen molar-refractivity contribution in [3.8, 4) is 11.1 Å². The summed E-state index contributed by atoms with van der Waals surface area (Å²) in [7, 11) is -3.76. The van der Waals surface area contributed by atoms with Crippen molar-refractivity contribution >= 4 is 16.0 Å². The Hall–Kier alpha value is -3.33. The molecule has 3 atom stereocenters. The van der Waals surface area contributed by atoms with Gasteiger partial charge in [-0.3, -0.25) is 4.79 Å². The third-order valence-corrected chi connectivity index (χ3v) is 8.87. The quantitative estimate of drug-likeness (QED) is 0.170. The maximum absolute atomic E-state index is 13.3. The van der Waals surface area contributed by atoms with Crippen LogP contribution in [0.1, 0.15) is 44.1 Å². The van der Waals surface area contributed by atoms with Gasteiger partial charge >= 0.3 is 5.97 Å². The van der Waals surface area contributed by atoms with Crippen LogP contribution in [0.2, 0.25) is 0 Å². The number of ether oxygens (including phenoxy) is 1. The Morgan fingerprint density at radius 3 is 2.35 bits per heavy atom. The number of sulfonamides is 1. The summed E-state index contributed by atoms with van der Waals surface area (Å²) < 4.78 is 47.9. The third kappa shape index (κ3) is 8.58. The minimum absolute atomic E-state index is 0.0298. The lowest BCUT2D eigenvalue weighted by Gasteiger charge is -2.24. The number of nitrogens with one attached hydrogen (secondary N) is 1. The van der Waals surface area contributed by atoms with E-state index in [4.69, 9.17) is 9.84 Å². The largest absolute Gasteiger partial charge is 0.481 e. The zero-order chi connectivity index (χ0) is 28.4. The molecule has 3 aromatic carbocycles. The molecule has 6 nitrogen and oxygen atoms in total. The highest BCUT2D eigenvalue weighted by molar-refractivity contribution is 7.89. The van der Waals surface area contributed by atoms with E-state index in [1.165, 1.54) is 12.1 Å². The number of benzene rings is 3. The topological polar surface area (TPSA) is 92.7 Å². The lowest BCUT2D eigenvalue weighted by atomic mass is 9.91. The summed E-state index contributed by atoms with van der Waals surface area (Å²) in [4.78, 5) is 10.8. The molecule has 0 aromatic heterocycles. The summed E-state index contributed by atoms with van der Waals surface area (Å²) in [5.41, 5.74) is 3.37. The van der Waals surface area contributed by atoms with Gasteiger partial charge in [0.05, 0.1) is 17.6 Å². The molecule has 1 aliphatic carbocycles. The normalized spacial score (nSPS) is 19.3. The van der Waals surface area contributed by atoms with Crippen LogP contribution < -0.4 is 4.72 Å². The fraction of sp³-hybridized carbons (Fsp3) is 0.344. The Morgan fingerprint density at radius 1 is 0.950 bits per heavy atom. The van der Waals surface area contributed by atoms with E-state index in [1.54, 1.807) is 0 Å². The fourth-order valence-corrected chi connectivity index (χ4v) is 6.29. The van der Waals surface area contributed by atoms with Crippen LogP contribution in [0.5, 0.6) is 0 Å². The second-order valence-electron chi connectivity index (χ2n) is 10.2. The predicted molar refractivity (Wildman–Crippen MR) is 154 cm³/mol. The molecule has 4 rings (SSSR count). The zero-order valence-electron chi connectivity index (χ0n) is 22.4. The van der Waals surface area contributed by atoms with Crippen LogP contribution in [0.3, 0.4) is 0 Å². The van der Waals surface area contributed by atoms with Gasteiger partial charge in [0, 0.05) is 13.0 Å². The average molecular weight is 566 g/mol. The molecule has 40 heavy (non-hydrogen) atoms. The van der Waals surface area contributed by atoms with Gasteiger partial charge in [-0.25, -0.2) is 17.5 Å². The second-order valence-corrected chi connectivity index (χ2v) is 12.0. The minimum atomic E-state index is -3.76. The molecule has 212 valence electrons.